The minimum absolute atomic E-state index is 0.0140. The zero-order chi connectivity index (χ0) is 18.0. The summed E-state index contributed by atoms with van der Waals surface area (Å²) in [6.45, 7) is 3.22. The van der Waals surface area contributed by atoms with Gasteiger partial charge in [-0.05, 0) is 30.9 Å². The number of hydrogen-bond acceptors (Lipinski definition) is 7. The highest BCUT2D eigenvalue weighted by Gasteiger charge is 2.28. The van der Waals surface area contributed by atoms with Gasteiger partial charge in [0.2, 0.25) is 6.39 Å². The van der Waals surface area contributed by atoms with Crippen LogP contribution in [0.3, 0.4) is 0 Å². The van der Waals surface area contributed by atoms with Gasteiger partial charge in [-0.1, -0.05) is 13.3 Å². The Morgan fingerprint density at radius 1 is 1.36 bits per heavy atom. The Hall–Kier alpha value is -2.33. The maximum atomic E-state index is 12.7. The molecule has 0 unspecified atom stereocenters. The van der Waals surface area contributed by atoms with E-state index in [1.807, 2.05) is 6.92 Å². The molecule has 1 aliphatic rings. The molecule has 0 bridgehead atoms. The van der Waals surface area contributed by atoms with Crippen molar-refractivity contribution in [3.05, 3.63) is 23.7 Å². The average Bonchev–Trinajstić information content (AvgIpc) is 3.26. The highest BCUT2D eigenvalue weighted by atomic mass is 32.2. The first kappa shape index (κ1) is 17.5. The maximum Gasteiger partial charge on any atom is 0.272 e. The maximum absolute atomic E-state index is 12.7. The third-order valence-corrected chi connectivity index (χ3v) is 4.88. The van der Waals surface area contributed by atoms with Crippen molar-refractivity contribution < 1.29 is 17.6 Å². The lowest BCUT2D eigenvalue weighted by atomic mass is 10.0. The van der Waals surface area contributed by atoms with E-state index in [0.29, 0.717) is 25.1 Å². The number of nitrogens with zero attached hydrogens (tertiary/aromatic N) is 4. The molecular formula is C15H19N5O4S. The highest BCUT2D eigenvalue weighted by Crippen LogP contribution is 2.30. The van der Waals surface area contributed by atoms with E-state index in [0.717, 1.165) is 25.7 Å². The number of carbonyl (C=O) groups excluding carboxylic acids is 1. The Kier molecular flexibility index (Phi) is 4.82. The molecule has 0 saturated carbocycles. The summed E-state index contributed by atoms with van der Waals surface area (Å²) in [5.41, 5.74) is 0.825. The zero-order valence-electron chi connectivity index (χ0n) is 13.8. The van der Waals surface area contributed by atoms with E-state index >= 15 is 0 Å². The molecule has 2 N–H and O–H groups in total. The molecule has 1 fully saturated rings. The number of carbonyl (C=O) groups is 1. The summed E-state index contributed by atoms with van der Waals surface area (Å²) in [5.74, 6) is -0.281. The van der Waals surface area contributed by atoms with Crippen molar-refractivity contribution in [2.45, 2.75) is 37.6 Å². The van der Waals surface area contributed by atoms with Gasteiger partial charge in [0.1, 0.15) is 5.69 Å². The summed E-state index contributed by atoms with van der Waals surface area (Å²) in [6.07, 6.45) is 4.20. The molecule has 1 saturated heterocycles. The fourth-order valence-electron chi connectivity index (χ4n) is 2.95. The van der Waals surface area contributed by atoms with Crippen molar-refractivity contribution in [1.29, 1.82) is 0 Å². The van der Waals surface area contributed by atoms with Gasteiger partial charge >= 0.3 is 0 Å². The molecule has 10 heteroatoms. The Balaban J connectivity index is 2.20. The molecule has 2 aromatic heterocycles. The molecule has 2 aromatic rings. The van der Waals surface area contributed by atoms with Gasteiger partial charge in [0, 0.05) is 13.1 Å². The molecule has 0 aliphatic carbocycles. The van der Waals surface area contributed by atoms with Crippen LogP contribution in [0.4, 0.5) is 0 Å². The molecule has 134 valence electrons. The van der Waals surface area contributed by atoms with Crippen LogP contribution in [0.5, 0.6) is 0 Å². The number of primary sulfonamides is 1. The predicted molar refractivity (Wildman–Crippen MR) is 88.0 cm³/mol. The number of rotatable bonds is 5. The molecule has 3 heterocycles. The first-order chi connectivity index (χ1) is 11.9. The van der Waals surface area contributed by atoms with E-state index < -0.39 is 15.0 Å². The largest absolute Gasteiger partial charge is 0.423 e. The molecule has 0 radical (unpaired) electrons. The van der Waals surface area contributed by atoms with Crippen molar-refractivity contribution in [2.24, 2.45) is 5.14 Å². The molecule has 0 spiro atoms. The number of likely N-dealkylation sites (tertiary alicyclic amines) is 1. The number of aryl methyl sites for hydroxylation is 1. The van der Waals surface area contributed by atoms with Crippen molar-refractivity contribution in [3.8, 4) is 11.5 Å². The molecule has 0 atom stereocenters. The summed E-state index contributed by atoms with van der Waals surface area (Å²) >= 11 is 0. The van der Waals surface area contributed by atoms with Crippen LogP contribution in [-0.4, -0.2) is 47.5 Å². The topological polar surface area (TPSA) is 132 Å². The van der Waals surface area contributed by atoms with Crippen LogP contribution in [0.25, 0.3) is 11.5 Å². The van der Waals surface area contributed by atoms with Gasteiger partial charge in [-0.2, -0.15) is 0 Å². The first-order valence-electron chi connectivity index (χ1n) is 8.04. The van der Waals surface area contributed by atoms with Crippen LogP contribution in [0.1, 0.15) is 42.2 Å². The molecule has 9 nitrogen and oxygen atoms in total. The van der Waals surface area contributed by atoms with Gasteiger partial charge < -0.3 is 9.32 Å². The number of nitrogens with two attached hydrogens (primary N) is 1. The lowest BCUT2D eigenvalue weighted by molar-refractivity contribution is 0.0786. The van der Waals surface area contributed by atoms with Crippen LogP contribution < -0.4 is 5.14 Å². The van der Waals surface area contributed by atoms with E-state index in [4.69, 9.17) is 9.56 Å². The second-order valence-corrected chi connectivity index (χ2v) is 7.36. The van der Waals surface area contributed by atoms with Crippen molar-refractivity contribution in [3.63, 3.8) is 0 Å². The van der Waals surface area contributed by atoms with Crippen molar-refractivity contribution in [2.75, 3.05) is 13.1 Å². The third-order valence-electron chi connectivity index (χ3n) is 4.04. The number of sulfonamides is 1. The minimum atomic E-state index is -4.19. The SMILES string of the molecule is CCCc1cc(C(=O)N2CCCC2)nc(S(N)(=O)=O)c1-c1nnco1. The summed E-state index contributed by atoms with van der Waals surface area (Å²) in [6, 6.07) is 1.60. The smallest absolute Gasteiger partial charge is 0.272 e. The fraction of sp³-hybridized carbons (Fsp3) is 0.467. The van der Waals surface area contributed by atoms with E-state index in [9.17, 15) is 13.2 Å². The first-order valence-corrected chi connectivity index (χ1v) is 9.59. The summed E-state index contributed by atoms with van der Waals surface area (Å²) in [4.78, 5) is 18.4. The van der Waals surface area contributed by atoms with Crippen LogP contribution in [0.2, 0.25) is 0 Å². The fourth-order valence-corrected chi connectivity index (χ4v) is 3.68. The quantitative estimate of drug-likeness (QED) is 0.834. The Bertz CT molecular complexity index is 874. The van der Waals surface area contributed by atoms with Crippen LogP contribution in [-0.2, 0) is 16.4 Å². The summed E-state index contributed by atoms with van der Waals surface area (Å²) in [7, 11) is -4.19. The van der Waals surface area contributed by atoms with Gasteiger partial charge in [0.05, 0.1) is 5.56 Å². The number of hydrogen-bond donors (Lipinski definition) is 1. The second kappa shape index (κ2) is 6.89. The molecule has 1 aliphatic heterocycles. The molecule has 3 rings (SSSR count). The number of pyridine rings is 1. The molecule has 1 amide bonds. The molecular weight excluding hydrogens is 346 g/mol. The minimum Gasteiger partial charge on any atom is -0.423 e. The second-order valence-electron chi connectivity index (χ2n) is 5.88. The normalized spacial score (nSPS) is 14.9. The predicted octanol–water partition coefficient (Wildman–Crippen LogP) is 0.968. The average molecular weight is 365 g/mol. The monoisotopic (exact) mass is 365 g/mol. The van der Waals surface area contributed by atoms with Crippen LogP contribution >= 0.6 is 0 Å². The van der Waals surface area contributed by atoms with Gasteiger partial charge in [0.15, 0.2) is 5.03 Å². The van der Waals surface area contributed by atoms with Gasteiger partial charge in [0.25, 0.3) is 21.8 Å². The van der Waals surface area contributed by atoms with Gasteiger partial charge in [-0.3, -0.25) is 4.79 Å². The van der Waals surface area contributed by atoms with E-state index in [-0.39, 0.29) is 23.1 Å². The Labute approximate surface area is 145 Å². The lowest BCUT2D eigenvalue weighted by Gasteiger charge is -2.17. The van der Waals surface area contributed by atoms with Crippen LogP contribution in [0, 0.1) is 0 Å². The van der Waals surface area contributed by atoms with Crippen molar-refractivity contribution in [1.82, 2.24) is 20.1 Å². The van der Waals surface area contributed by atoms with E-state index in [2.05, 4.69) is 15.2 Å². The zero-order valence-corrected chi connectivity index (χ0v) is 14.6. The number of amides is 1. The standard InChI is InChI=1S/C15H19N5O4S/c1-2-5-10-8-11(15(21)20-6-3-4-7-20)18-14(25(16,22)23)12(10)13-19-17-9-24-13/h8-9H,2-7H2,1H3,(H2,16,22,23). The van der Waals surface area contributed by atoms with Gasteiger partial charge in [-0.15, -0.1) is 10.2 Å². The third kappa shape index (κ3) is 3.54. The van der Waals surface area contributed by atoms with E-state index in [1.165, 1.54) is 0 Å². The van der Waals surface area contributed by atoms with Crippen molar-refractivity contribution >= 4 is 15.9 Å². The van der Waals surface area contributed by atoms with Crippen LogP contribution in [0.15, 0.2) is 21.9 Å². The Morgan fingerprint density at radius 3 is 2.64 bits per heavy atom. The molecule has 25 heavy (non-hydrogen) atoms. The van der Waals surface area contributed by atoms with Gasteiger partial charge in [-0.25, -0.2) is 18.5 Å². The molecule has 0 aromatic carbocycles. The summed E-state index contributed by atoms with van der Waals surface area (Å²) < 4.78 is 29.4. The number of aromatic nitrogens is 3. The summed E-state index contributed by atoms with van der Waals surface area (Å²) in [5, 5.41) is 12.3. The highest BCUT2D eigenvalue weighted by molar-refractivity contribution is 7.89. The lowest BCUT2D eigenvalue weighted by Crippen LogP contribution is -2.29. The Morgan fingerprint density at radius 2 is 2.08 bits per heavy atom. The van der Waals surface area contributed by atoms with E-state index in [1.54, 1.807) is 11.0 Å².